The van der Waals surface area contributed by atoms with Crippen LogP contribution in [0.1, 0.15) is 30.5 Å². The van der Waals surface area contributed by atoms with E-state index in [0.29, 0.717) is 6.61 Å². The number of nitrogens with two attached hydrogens (primary N) is 1. The van der Waals surface area contributed by atoms with Crippen molar-refractivity contribution in [3.63, 3.8) is 0 Å². The molecular weight excluding hydrogens is 262 g/mol. The van der Waals surface area contributed by atoms with Crippen molar-refractivity contribution < 1.29 is 9.53 Å². The molecule has 0 amide bonds. The van der Waals surface area contributed by atoms with Crippen LogP contribution < -0.4 is 5.73 Å². The molecule has 2 N–H and O–H groups in total. The van der Waals surface area contributed by atoms with Crippen LogP contribution in [0.2, 0.25) is 0 Å². The van der Waals surface area contributed by atoms with Gasteiger partial charge in [0.15, 0.2) is 0 Å². The molecule has 0 aliphatic carbocycles. The Hall–Kier alpha value is -2.13. The van der Waals surface area contributed by atoms with Gasteiger partial charge in [0.1, 0.15) is 0 Å². The normalized spacial score (nSPS) is 12.0. The molecule has 0 heterocycles. The Kier molecular flexibility index (Phi) is 5.12. The highest BCUT2D eigenvalue weighted by atomic mass is 16.5. The van der Waals surface area contributed by atoms with Crippen molar-refractivity contribution in [3.05, 3.63) is 59.7 Å². The van der Waals surface area contributed by atoms with Crippen LogP contribution in [0, 0.1) is 6.92 Å². The minimum Gasteiger partial charge on any atom is -0.466 e. The Labute approximate surface area is 125 Å². The first-order chi connectivity index (χ1) is 10.1. The zero-order valence-electron chi connectivity index (χ0n) is 12.5. The number of ether oxygens (including phenoxy) is 1. The van der Waals surface area contributed by atoms with Crippen LogP contribution in [0.25, 0.3) is 11.1 Å². The van der Waals surface area contributed by atoms with Gasteiger partial charge in [0.2, 0.25) is 0 Å². The van der Waals surface area contributed by atoms with Gasteiger partial charge in [-0.05, 0) is 42.2 Å². The third-order valence-electron chi connectivity index (χ3n) is 3.46. The van der Waals surface area contributed by atoms with Crippen molar-refractivity contribution in [2.24, 2.45) is 5.73 Å². The first-order valence-corrected chi connectivity index (χ1v) is 7.19. The zero-order chi connectivity index (χ0) is 15.2. The van der Waals surface area contributed by atoms with Gasteiger partial charge in [0.25, 0.3) is 0 Å². The lowest BCUT2D eigenvalue weighted by molar-refractivity contribution is -0.143. The lowest BCUT2D eigenvalue weighted by Crippen LogP contribution is -2.17. The number of esters is 1. The molecule has 2 rings (SSSR count). The van der Waals surface area contributed by atoms with Gasteiger partial charge in [0.05, 0.1) is 13.0 Å². The molecule has 1 atom stereocenters. The fourth-order valence-corrected chi connectivity index (χ4v) is 2.35. The summed E-state index contributed by atoms with van der Waals surface area (Å²) < 4.78 is 4.95. The first-order valence-electron chi connectivity index (χ1n) is 7.19. The molecule has 3 nitrogen and oxygen atoms in total. The predicted octanol–water partition coefficient (Wildman–Crippen LogP) is 3.62. The molecule has 0 saturated heterocycles. The quantitative estimate of drug-likeness (QED) is 0.853. The minimum atomic E-state index is -0.340. The average Bonchev–Trinajstić information content (AvgIpc) is 2.48. The Balaban J connectivity index is 2.22. The second-order valence-corrected chi connectivity index (χ2v) is 5.06. The van der Waals surface area contributed by atoms with Gasteiger partial charge in [-0.2, -0.15) is 0 Å². The summed E-state index contributed by atoms with van der Waals surface area (Å²) in [7, 11) is 0. The highest BCUT2D eigenvalue weighted by molar-refractivity contribution is 5.71. The largest absolute Gasteiger partial charge is 0.466 e. The van der Waals surface area contributed by atoms with Gasteiger partial charge in [-0.1, -0.05) is 42.5 Å². The van der Waals surface area contributed by atoms with E-state index < -0.39 is 0 Å². The molecule has 3 heteroatoms. The molecule has 0 spiro atoms. The summed E-state index contributed by atoms with van der Waals surface area (Å²) in [5, 5.41) is 0. The molecule has 2 aromatic carbocycles. The third kappa shape index (κ3) is 3.92. The van der Waals surface area contributed by atoms with Crippen molar-refractivity contribution in [1.82, 2.24) is 0 Å². The molecule has 0 aliphatic rings. The van der Waals surface area contributed by atoms with Crippen LogP contribution in [-0.2, 0) is 9.53 Å². The Morgan fingerprint density at radius 1 is 1.19 bits per heavy atom. The van der Waals surface area contributed by atoms with Crippen molar-refractivity contribution in [3.8, 4) is 11.1 Å². The van der Waals surface area contributed by atoms with Crippen LogP contribution in [-0.4, -0.2) is 12.6 Å². The standard InChI is InChI=1S/C18H21NO2/c1-3-21-18(20)12-17(19)15-9-6-8-14(11-15)16-10-5-4-7-13(16)2/h4-11,17H,3,12,19H2,1-2H3/t17-/m0/s1. The molecule has 0 aliphatic heterocycles. The molecular formula is C18H21NO2. The Morgan fingerprint density at radius 2 is 1.95 bits per heavy atom. The minimum absolute atomic E-state index is 0.199. The van der Waals surface area contributed by atoms with Crippen molar-refractivity contribution in [2.75, 3.05) is 6.61 Å². The van der Waals surface area contributed by atoms with E-state index in [1.54, 1.807) is 6.92 Å². The number of aryl methyl sites for hydroxylation is 1. The molecule has 0 aromatic heterocycles. The van der Waals surface area contributed by atoms with E-state index in [4.69, 9.17) is 10.5 Å². The number of carbonyl (C=O) groups is 1. The van der Waals surface area contributed by atoms with Crippen molar-refractivity contribution in [2.45, 2.75) is 26.3 Å². The van der Waals surface area contributed by atoms with E-state index in [-0.39, 0.29) is 18.4 Å². The third-order valence-corrected chi connectivity index (χ3v) is 3.46. The van der Waals surface area contributed by atoms with E-state index in [1.807, 2.05) is 30.3 Å². The topological polar surface area (TPSA) is 52.3 Å². The summed E-state index contributed by atoms with van der Waals surface area (Å²) in [6, 6.07) is 15.9. The van der Waals surface area contributed by atoms with Crippen molar-refractivity contribution >= 4 is 5.97 Å². The molecule has 0 bridgehead atoms. The van der Waals surface area contributed by atoms with E-state index in [1.165, 1.54) is 11.1 Å². The summed E-state index contributed by atoms with van der Waals surface area (Å²) in [6.45, 7) is 4.26. The van der Waals surface area contributed by atoms with Gasteiger partial charge in [-0.3, -0.25) is 4.79 Å². The molecule has 0 saturated carbocycles. The zero-order valence-corrected chi connectivity index (χ0v) is 12.5. The lowest BCUT2D eigenvalue weighted by atomic mass is 9.96. The molecule has 0 fully saturated rings. The van der Waals surface area contributed by atoms with E-state index in [2.05, 4.69) is 25.1 Å². The second kappa shape index (κ2) is 7.04. The maximum atomic E-state index is 11.5. The van der Waals surface area contributed by atoms with Gasteiger partial charge >= 0.3 is 5.97 Å². The molecule has 21 heavy (non-hydrogen) atoms. The van der Waals surface area contributed by atoms with Gasteiger partial charge in [-0.25, -0.2) is 0 Å². The maximum Gasteiger partial charge on any atom is 0.307 e. The number of benzene rings is 2. The van der Waals surface area contributed by atoms with E-state index >= 15 is 0 Å². The van der Waals surface area contributed by atoms with Crippen molar-refractivity contribution in [1.29, 1.82) is 0 Å². The lowest BCUT2D eigenvalue weighted by Gasteiger charge is -2.13. The number of hydrogen-bond donors (Lipinski definition) is 1. The summed E-state index contributed by atoms with van der Waals surface area (Å²) >= 11 is 0. The molecule has 110 valence electrons. The van der Waals surface area contributed by atoms with Crippen LogP contribution >= 0.6 is 0 Å². The highest BCUT2D eigenvalue weighted by Gasteiger charge is 2.13. The van der Waals surface area contributed by atoms with Crippen LogP contribution in [0.4, 0.5) is 0 Å². The van der Waals surface area contributed by atoms with Gasteiger partial charge in [0, 0.05) is 6.04 Å². The summed E-state index contributed by atoms with van der Waals surface area (Å²) in [6.07, 6.45) is 0.199. The van der Waals surface area contributed by atoms with Crippen LogP contribution in [0.3, 0.4) is 0 Å². The summed E-state index contributed by atoms with van der Waals surface area (Å²) in [4.78, 5) is 11.5. The molecule has 0 radical (unpaired) electrons. The monoisotopic (exact) mass is 283 g/mol. The number of carbonyl (C=O) groups excluding carboxylic acids is 1. The Bertz CT molecular complexity index is 622. The molecule has 0 unspecified atom stereocenters. The predicted molar refractivity (Wildman–Crippen MR) is 84.8 cm³/mol. The average molecular weight is 283 g/mol. The smallest absolute Gasteiger partial charge is 0.307 e. The summed E-state index contributed by atoms with van der Waals surface area (Å²) in [5.41, 5.74) is 10.6. The second-order valence-electron chi connectivity index (χ2n) is 5.06. The Morgan fingerprint density at radius 3 is 2.67 bits per heavy atom. The maximum absolute atomic E-state index is 11.5. The van der Waals surface area contributed by atoms with Gasteiger partial charge in [-0.15, -0.1) is 0 Å². The SMILES string of the molecule is CCOC(=O)C[C@H](N)c1cccc(-c2ccccc2C)c1. The molecule has 2 aromatic rings. The fourth-order valence-electron chi connectivity index (χ4n) is 2.35. The van der Waals surface area contributed by atoms with Crippen LogP contribution in [0.15, 0.2) is 48.5 Å². The number of rotatable bonds is 5. The van der Waals surface area contributed by atoms with E-state index in [9.17, 15) is 4.79 Å². The van der Waals surface area contributed by atoms with E-state index in [0.717, 1.165) is 11.1 Å². The first kappa shape index (κ1) is 15.3. The van der Waals surface area contributed by atoms with Crippen LogP contribution in [0.5, 0.6) is 0 Å². The van der Waals surface area contributed by atoms with Gasteiger partial charge < -0.3 is 10.5 Å². The highest BCUT2D eigenvalue weighted by Crippen LogP contribution is 2.26. The number of hydrogen-bond acceptors (Lipinski definition) is 3. The summed E-state index contributed by atoms with van der Waals surface area (Å²) in [5.74, 6) is -0.258. The fraction of sp³-hybridized carbons (Fsp3) is 0.278.